The average molecular weight is 555 g/mol. The van der Waals surface area contributed by atoms with Gasteiger partial charge in [-0.2, -0.15) is 18.3 Å². The molecule has 3 aliphatic heterocycles. The number of nitrogens with one attached hydrogen (secondary N) is 2. The van der Waals surface area contributed by atoms with Gasteiger partial charge in [-0.3, -0.25) is 15.1 Å². The molecular formula is C24H30F4N8OS. The molecule has 2 saturated heterocycles. The molecule has 4 heterocycles. The maximum atomic E-state index is 13.6. The van der Waals surface area contributed by atoms with Gasteiger partial charge in [-0.15, -0.1) is 0 Å². The summed E-state index contributed by atoms with van der Waals surface area (Å²) >= 11 is 1.27. The molecule has 1 amide bonds. The molecule has 0 bridgehead atoms. The third-order valence-electron chi connectivity index (χ3n) is 6.30. The summed E-state index contributed by atoms with van der Waals surface area (Å²) in [6.07, 6.45) is -5.70. The molecular weight excluding hydrogens is 524 g/mol. The van der Waals surface area contributed by atoms with Crippen molar-refractivity contribution in [2.24, 2.45) is 10.1 Å². The van der Waals surface area contributed by atoms with Gasteiger partial charge in [0.2, 0.25) is 5.91 Å². The molecule has 3 aliphatic rings. The number of nitrogens with zero attached hydrogens (tertiary/aromatic N) is 6. The van der Waals surface area contributed by atoms with Gasteiger partial charge in [0.25, 0.3) is 0 Å². The number of carbonyl (C=O) groups is 1. The Balaban J connectivity index is 0.00000220. The molecule has 1 atom stereocenters. The number of amidine groups is 1. The van der Waals surface area contributed by atoms with Crippen molar-refractivity contribution in [1.82, 2.24) is 20.3 Å². The van der Waals surface area contributed by atoms with E-state index < -0.39 is 24.7 Å². The SMILES string of the molecule is CC1=NNC(=Nc2cc(N3CC(N4CC[C@H](F)C4)C3)nc(Sc3ccc(NC(=O)CC(F)(F)F)cc3)n2)C1.[HH].[HH]. The summed E-state index contributed by atoms with van der Waals surface area (Å²) in [5.41, 5.74) is 4.07. The second-order valence-electron chi connectivity index (χ2n) is 9.47. The minimum Gasteiger partial charge on any atom is -0.353 e. The van der Waals surface area contributed by atoms with Crippen LogP contribution in [0.15, 0.2) is 50.5 Å². The summed E-state index contributed by atoms with van der Waals surface area (Å²) < 4.78 is 50.9. The summed E-state index contributed by atoms with van der Waals surface area (Å²) in [6, 6.07) is 8.49. The number of aromatic nitrogens is 2. The maximum absolute atomic E-state index is 13.6. The number of likely N-dealkylation sites (tertiary alicyclic amines) is 1. The van der Waals surface area contributed by atoms with E-state index in [9.17, 15) is 22.4 Å². The summed E-state index contributed by atoms with van der Waals surface area (Å²) in [5, 5.41) is 6.83. The Labute approximate surface area is 223 Å². The number of rotatable bonds is 7. The van der Waals surface area contributed by atoms with E-state index in [0.717, 1.165) is 30.2 Å². The molecule has 0 aliphatic carbocycles. The van der Waals surface area contributed by atoms with Gasteiger partial charge in [-0.05, 0) is 49.4 Å². The van der Waals surface area contributed by atoms with Crippen molar-refractivity contribution in [3.8, 4) is 0 Å². The molecule has 0 saturated carbocycles. The van der Waals surface area contributed by atoms with Crippen molar-refractivity contribution >= 4 is 46.5 Å². The molecule has 14 heteroatoms. The molecule has 0 unspecified atom stereocenters. The second-order valence-corrected chi connectivity index (χ2v) is 10.5. The fraction of sp³-hybridized carbons (Fsp3) is 0.458. The zero-order chi connectivity index (χ0) is 26.9. The topological polar surface area (TPSA) is 98.1 Å². The number of carbonyl (C=O) groups excluding carboxylic acids is 1. The van der Waals surface area contributed by atoms with Crippen LogP contribution in [0.1, 0.15) is 29.0 Å². The van der Waals surface area contributed by atoms with Crippen LogP contribution in [-0.4, -0.2) is 76.9 Å². The first-order valence-corrected chi connectivity index (χ1v) is 12.9. The summed E-state index contributed by atoms with van der Waals surface area (Å²) in [5.74, 6) is 0.728. The number of hydrogen-bond acceptors (Lipinski definition) is 8. The Morgan fingerprint density at radius 1 is 1.24 bits per heavy atom. The van der Waals surface area contributed by atoms with Crippen molar-refractivity contribution in [3.63, 3.8) is 0 Å². The van der Waals surface area contributed by atoms with Crippen LogP contribution in [0.3, 0.4) is 0 Å². The highest BCUT2D eigenvalue weighted by Gasteiger charge is 2.37. The van der Waals surface area contributed by atoms with Crippen LogP contribution in [-0.2, 0) is 4.79 Å². The van der Waals surface area contributed by atoms with E-state index in [2.05, 4.69) is 35.6 Å². The molecule has 0 spiro atoms. The normalized spacial score (nSPS) is 21.4. The quantitative estimate of drug-likeness (QED) is 0.380. The Morgan fingerprint density at radius 2 is 2.00 bits per heavy atom. The highest BCUT2D eigenvalue weighted by molar-refractivity contribution is 7.99. The smallest absolute Gasteiger partial charge is 0.353 e. The number of hydrazone groups is 1. The van der Waals surface area contributed by atoms with Gasteiger partial charge in [-0.25, -0.2) is 19.4 Å². The predicted molar refractivity (Wildman–Crippen MR) is 141 cm³/mol. The zero-order valence-electron chi connectivity index (χ0n) is 20.5. The molecule has 2 fully saturated rings. The number of benzene rings is 1. The fourth-order valence-corrected chi connectivity index (χ4v) is 5.16. The lowest BCUT2D eigenvalue weighted by Gasteiger charge is -2.44. The highest BCUT2D eigenvalue weighted by atomic mass is 32.2. The van der Waals surface area contributed by atoms with Crippen LogP contribution in [0.2, 0.25) is 0 Å². The average Bonchev–Trinajstić information content (AvgIpc) is 3.40. The van der Waals surface area contributed by atoms with E-state index in [1.54, 1.807) is 12.1 Å². The first-order chi connectivity index (χ1) is 18.1. The Bertz CT molecular complexity index is 1260. The van der Waals surface area contributed by atoms with Gasteiger partial charge < -0.3 is 10.2 Å². The monoisotopic (exact) mass is 554 g/mol. The summed E-state index contributed by atoms with van der Waals surface area (Å²) in [6.45, 7) is 4.60. The Morgan fingerprint density at radius 3 is 2.63 bits per heavy atom. The van der Waals surface area contributed by atoms with Gasteiger partial charge in [0.15, 0.2) is 11.0 Å². The lowest BCUT2D eigenvalue weighted by molar-refractivity contribution is -0.150. The first kappa shape index (κ1) is 26.4. The minimum atomic E-state index is -4.57. The predicted octanol–water partition coefficient (Wildman–Crippen LogP) is 4.64. The van der Waals surface area contributed by atoms with E-state index in [4.69, 9.17) is 4.98 Å². The molecule has 38 heavy (non-hydrogen) atoms. The Kier molecular flexibility index (Phi) is 7.52. The number of anilines is 2. The molecule has 0 radical (unpaired) electrons. The van der Waals surface area contributed by atoms with Crippen LogP contribution in [0.4, 0.5) is 34.9 Å². The molecule has 1 aromatic heterocycles. The lowest BCUT2D eigenvalue weighted by Crippen LogP contribution is -2.59. The van der Waals surface area contributed by atoms with E-state index >= 15 is 0 Å². The summed E-state index contributed by atoms with van der Waals surface area (Å²) in [4.78, 5) is 30.4. The van der Waals surface area contributed by atoms with Crippen LogP contribution in [0.25, 0.3) is 0 Å². The molecule has 1 aromatic carbocycles. The molecule has 2 N–H and O–H groups in total. The maximum Gasteiger partial charge on any atom is 0.397 e. The van der Waals surface area contributed by atoms with Crippen molar-refractivity contribution in [2.45, 2.75) is 54.6 Å². The summed E-state index contributed by atoms with van der Waals surface area (Å²) in [7, 11) is 0. The van der Waals surface area contributed by atoms with Crippen molar-refractivity contribution < 1.29 is 25.2 Å². The van der Waals surface area contributed by atoms with Gasteiger partial charge in [-0.1, -0.05) is 0 Å². The molecule has 206 valence electrons. The molecule has 2 aromatic rings. The van der Waals surface area contributed by atoms with Gasteiger partial charge in [0.05, 0.1) is 0 Å². The zero-order valence-corrected chi connectivity index (χ0v) is 21.3. The third-order valence-corrected chi connectivity index (χ3v) is 7.17. The number of aliphatic imine (C=N–C) groups is 1. The van der Waals surface area contributed by atoms with Gasteiger partial charge >= 0.3 is 6.18 Å². The van der Waals surface area contributed by atoms with E-state index in [0.29, 0.717) is 42.0 Å². The standard InChI is InChI=1S/C24H26F4N8OS.2H2/c1-14-8-20(34-33-14)30-19-9-21(36-12-17(13-36)35-7-6-15(25)11-35)32-23(31-19)38-18-4-2-16(3-5-18)29-22(37)10-24(26,27)28;;/h2-5,9,15,17H,6-8,10-13H2,1H3,(H,29,37)(H,30,31,32,34);2*1H/t15-;;/m0../s1. The van der Waals surface area contributed by atoms with Gasteiger partial charge in [0, 0.05) is 63.9 Å². The van der Waals surface area contributed by atoms with Crippen LogP contribution < -0.4 is 15.6 Å². The van der Waals surface area contributed by atoms with Crippen molar-refractivity contribution in [3.05, 3.63) is 30.3 Å². The van der Waals surface area contributed by atoms with Crippen molar-refractivity contribution in [1.29, 1.82) is 0 Å². The van der Waals surface area contributed by atoms with E-state index in [1.165, 1.54) is 23.9 Å². The second kappa shape index (κ2) is 10.8. The number of amides is 1. The fourth-order valence-electron chi connectivity index (χ4n) is 4.40. The molecule has 5 rings (SSSR count). The number of halogens is 4. The van der Waals surface area contributed by atoms with Crippen LogP contribution in [0.5, 0.6) is 0 Å². The van der Waals surface area contributed by atoms with E-state index in [1.807, 2.05) is 13.0 Å². The third kappa shape index (κ3) is 6.78. The van der Waals surface area contributed by atoms with Crippen molar-refractivity contribution in [2.75, 3.05) is 36.4 Å². The largest absolute Gasteiger partial charge is 0.397 e. The highest BCUT2D eigenvalue weighted by Crippen LogP contribution is 2.32. The van der Waals surface area contributed by atoms with Gasteiger partial charge in [0.1, 0.15) is 24.2 Å². The minimum absolute atomic E-state index is 0. The van der Waals surface area contributed by atoms with Crippen LogP contribution in [0, 0.1) is 0 Å². The van der Waals surface area contributed by atoms with Crippen LogP contribution >= 0.6 is 11.8 Å². The number of alkyl halides is 4. The van der Waals surface area contributed by atoms with E-state index in [-0.39, 0.29) is 14.6 Å². The lowest BCUT2D eigenvalue weighted by atomic mass is 10.1. The Hall–Kier alpha value is -3.26. The number of hydrogen-bond donors (Lipinski definition) is 2. The molecule has 9 nitrogen and oxygen atoms in total. The first-order valence-electron chi connectivity index (χ1n) is 12.1.